The molecule has 1 fully saturated rings. The molecule has 1 N–H and O–H groups in total. The number of aryl methyl sites for hydroxylation is 4. The number of aliphatic hydroxyl groups excluding tert-OH is 1. The molecule has 1 aliphatic rings. The molecule has 1 unspecified atom stereocenters. The van der Waals surface area contributed by atoms with Gasteiger partial charge in [-0.15, -0.1) is 0 Å². The van der Waals surface area contributed by atoms with E-state index in [4.69, 9.17) is 0 Å². The molecule has 162 valence electrons. The Bertz CT molecular complexity index is 1250. The summed E-state index contributed by atoms with van der Waals surface area (Å²) in [7, 11) is 0. The van der Waals surface area contributed by atoms with Gasteiger partial charge in [-0.25, -0.2) is 0 Å². The Morgan fingerprint density at radius 3 is 2.41 bits per heavy atom. The molecule has 1 saturated heterocycles. The molecule has 2 heterocycles. The first kappa shape index (κ1) is 21.5. The van der Waals surface area contributed by atoms with Crippen LogP contribution in [0, 0.1) is 27.7 Å². The zero-order valence-corrected chi connectivity index (χ0v) is 18.7. The highest BCUT2D eigenvalue weighted by molar-refractivity contribution is 6.46. The second-order valence-electron chi connectivity index (χ2n) is 8.44. The Morgan fingerprint density at radius 2 is 1.72 bits per heavy atom. The van der Waals surface area contributed by atoms with Crippen molar-refractivity contribution in [1.82, 2.24) is 9.88 Å². The van der Waals surface area contributed by atoms with Gasteiger partial charge in [-0.2, -0.15) is 0 Å². The predicted molar refractivity (Wildman–Crippen MR) is 124 cm³/mol. The molecule has 0 bridgehead atoms. The second-order valence-corrected chi connectivity index (χ2v) is 8.44. The molecule has 1 aliphatic heterocycles. The third-order valence-corrected chi connectivity index (χ3v) is 6.17. The average Bonchev–Trinajstić information content (AvgIpc) is 3.03. The maximum atomic E-state index is 13.2. The molecular weight excluding hydrogens is 400 g/mol. The number of benzene rings is 2. The highest BCUT2D eigenvalue weighted by atomic mass is 16.3. The SMILES string of the molecule is Cc1ccc(C)c(CN2C(=O)C(=O)/C(=C(\O)c3ccc(C)c(C)c3)C2c2cccnc2)c1. The number of ketones is 1. The lowest BCUT2D eigenvalue weighted by Crippen LogP contribution is -2.29. The van der Waals surface area contributed by atoms with Gasteiger partial charge in [0.15, 0.2) is 0 Å². The summed E-state index contributed by atoms with van der Waals surface area (Å²) >= 11 is 0. The van der Waals surface area contributed by atoms with Gasteiger partial charge in [0, 0.05) is 24.5 Å². The average molecular weight is 427 g/mol. The monoisotopic (exact) mass is 426 g/mol. The van der Waals surface area contributed by atoms with Crippen LogP contribution in [0.2, 0.25) is 0 Å². The molecule has 5 heteroatoms. The number of Topliss-reactive ketones (excluding diaryl/α,β-unsaturated/α-hetero) is 1. The van der Waals surface area contributed by atoms with E-state index < -0.39 is 17.7 Å². The molecule has 1 aromatic heterocycles. The van der Waals surface area contributed by atoms with E-state index in [2.05, 4.69) is 4.98 Å². The van der Waals surface area contributed by atoms with Crippen molar-refractivity contribution >= 4 is 17.4 Å². The highest BCUT2D eigenvalue weighted by Crippen LogP contribution is 2.40. The van der Waals surface area contributed by atoms with Crippen molar-refractivity contribution in [3.05, 3.63) is 105 Å². The number of hydrogen-bond donors (Lipinski definition) is 1. The first-order valence-electron chi connectivity index (χ1n) is 10.6. The first-order chi connectivity index (χ1) is 15.3. The molecule has 0 aliphatic carbocycles. The van der Waals surface area contributed by atoms with E-state index >= 15 is 0 Å². The number of amides is 1. The topological polar surface area (TPSA) is 70.5 Å². The first-order valence-corrected chi connectivity index (χ1v) is 10.6. The molecule has 5 nitrogen and oxygen atoms in total. The molecule has 0 saturated carbocycles. The van der Waals surface area contributed by atoms with E-state index in [-0.39, 0.29) is 17.9 Å². The van der Waals surface area contributed by atoms with Crippen molar-refractivity contribution in [2.45, 2.75) is 40.3 Å². The third kappa shape index (κ3) is 3.82. The minimum Gasteiger partial charge on any atom is -0.507 e. The lowest BCUT2D eigenvalue weighted by molar-refractivity contribution is -0.140. The quantitative estimate of drug-likeness (QED) is 0.365. The van der Waals surface area contributed by atoms with E-state index in [0.717, 1.165) is 27.8 Å². The summed E-state index contributed by atoms with van der Waals surface area (Å²) in [5.41, 5.74) is 6.46. The number of aromatic nitrogens is 1. The predicted octanol–water partition coefficient (Wildman–Crippen LogP) is 4.94. The van der Waals surface area contributed by atoms with E-state index in [1.54, 1.807) is 24.5 Å². The summed E-state index contributed by atoms with van der Waals surface area (Å²) in [6.45, 7) is 8.18. The molecule has 0 spiro atoms. The Kier molecular flexibility index (Phi) is 5.66. The standard InChI is InChI=1S/C27H26N2O3/c1-16-7-8-18(3)22(12-16)15-29-24(21-6-5-11-28-14-21)23(26(31)27(29)32)25(30)20-10-9-17(2)19(4)13-20/h5-14,24,30H,15H2,1-4H3/b25-23-. The molecule has 1 amide bonds. The summed E-state index contributed by atoms with van der Waals surface area (Å²) in [4.78, 5) is 32.1. The summed E-state index contributed by atoms with van der Waals surface area (Å²) in [5, 5.41) is 11.2. The number of aliphatic hydroxyl groups is 1. The fraction of sp³-hybridized carbons (Fsp3) is 0.222. The largest absolute Gasteiger partial charge is 0.507 e. The van der Waals surface area contributed by atoms with Crippen molar-refractivity contribution in [3.8, 4) is 0 Å². The van der Waals surface area contributed by atoms with Gasteiger partial charge in [-0.3, -0.25) is 14.6 Å². The number of nitrogens with zero attached hydrogens (tertiary/aromatic N) is 2. The van der Waals surface area contributed by atoms with E-state index in [9.17, 15) is 14.7 Å². The molecular formula is C27H26N2O3. The van der Waals surface area contributed by atoms with Crippen molar-refractivity contribution < 1.29 is 14.7 Å². The smallest absolute Gasteiger partial charge is 0.295 e. The molecule has 2 aromatic carbocycles. The fourth-order valence-electron chi connectivity index (χ4n) is 4.13. The summed E-state index contributed by atoms with van der Waals surface area (Å²) in [6, 6.07) is 14.4. The molecule has 32 heavy (non-hydrogen) atoms. The lowest BCUT2D eigenvalue weighted by atomic mass is 9.95. The molecule has 0 radical (unpaired) electrons. The van der Waals surface area contributed by atoms with Crippen LogP contribution in [0.4, 0.5) is 0 Å². The number of carbonyl (C=O) groups excluding carboxylic acids is 2. The summed E-state index contributed by atoms with van der Waals surface area (Å²) < 4.78 is 0. The van der Waals surface area contributed by atoms with Gasteiger partial charge in [0.25, 0.3) is 11.7 Å². The van der Waals surface area contributed by atoms with Crippen LogP contribution >= 0.6 is 0 Å². The molecule has 4 rings (SSSR count). The van der Waals surface area contributed by atoms with Crippen LogP contribution < -0.4 is 0 Å². The zero-order valence-electron chi connectivity index (χ0n) is 18.7. The number of pyridine rings is 1. The minimum atomic E-state index is -0.717. The Morgan fingerprint density at radius 1 is 0.969 bits per heavy atom. The maximum Gasteiger partial charge on any atom is 0.295 e. The van der Waals surface area contributed by atoms with Gasteiger partial charge in [-0.05, 0) is 67.6 Å². The van der Waals surface area contributed by atoms with E-state index in [1.165, 1.54) is 4.90 Å². The van der Waals surface area contributed by atoms with Gasteiger partial charge in [-0.1, -0.05) is 42.0 Å². The normalized spacial score (nSPS) is 17.8. The highest BCUT2D eigenvalue weighted by Gasteiger charge is 2.46. The second kappa shape index (κ2) is 8.42. The third-order valence-electron chi connectivity index (χ3n) is 6.17. The van der Waals surface area contributed by atoms with Crippen LogP contribution in [-0.4, -0.2) is 26.7 Å². The van der Waals surface area contributed by atoms with Crippen molar-refractivity contribution in [2.75, 3.05) is 0 Å². The minimum absolute atomic E-state index is 0.0940. The molecule has 3 aromatic rings. The van der Waals surface area contributed by atoms with Crippen LogP contribution in [0.3, 0.4) is 0 Å². The van der Waals surface area contributed by atoms with Crippen LogP contribution in [0.5, 0.6) is 0 Å². The number of rotatable bonds is 4. The number of hydrogen-bond acceptors (Lipinski definition) is 4. The van der Waals surface area contributed by atoms with E-state index in [0.29, 0.717) is 11.1 Å². The number of likely N-dealkylation sites (tertiary alicyclic amines) is 1. The lowest BCUT2D eigenvalue weighted by Gasteiger charge is -2.26. The van der Waals surface area contributed by atoms with Crippen molar-refractivity contribution in [3.63, 3.8) is 0 Å². The Hall–Kier alpha value is -3.73. The summed E-state index contributed by atoms with van der Waals surface area (Å²) in [6.07, 6.45) is 3.28. The van der Waals surface area contributed by atoms with Crippen LogP contribution in [0.1, 0.15) is 45.0 Å². The van der Waals surface area contributed by atoms with Gasteiger partial charge in [0.2, 0.25) is 0 Å². The van der Waals surface area contributed by atoms with Crippen LogP contribution in [0.25, 0.3) is 5.76 Å². The van der Waals surface area contributed by atoms with Crippen molar-refractivity contribution in [1.29, 1.82) is 0 Å². The van der Waals surface area contributed by atoms with Crippen molar-refractivity contribution in [2.24, 2.45) is 0 Å². The van der Waals surface area contributed by atoms with Crippen LogP contribution in [0.15, 0.2) is 66.5 Å². The van der Waals surface area contributed by atoms with Gasteiger partial charge in [0.05, 0.1) is 11.6 Å². The maximum absolute atomic E-state index is 13.2. The van der Waals surface area contributed by atoms with E-state index in [1.807, 2.05) is 64.1 Å². The van der Waals surface area contributed by atoms with Gasteiger partial charge in [0.1, 0.15) is 5.76 Å². The van der Waals surface area contributed by atoms with Crippen LogP contribution in [-0.2, 0) is 16.1 Å². The van der Waals surface area contributed by atoms with Gasteiger partial charge < -0.3 is 10.0 Å². The zero-order chi connectivity index (χ0) is 23.0. The summed E-state index contributed by atoms with van der Waals surface area (Å²) in [5.74, 6) is -1.46. The Balaban J connectivity index is 1.87. The Labute approximate surface area is 188 Å². The fourth-order valence-corrected chi connectivity index (χ4v) is 4.13. The number of carbonyl (C=O) groups is 2. The van der Waals surface area contributed by atoms with Gasteiger partial charge >= 0.3 is 0 Å². The molecule has 1 atom stereocenters.